The lowest BCUT2D eigenvalue weighted by atomic mass is 10.1. The highest BCUT2D eigenvalue weighted by Crippen LogP contribution is 2.42. The Bertz CT molecular complexity index is 1280. The van der Waals surface area contributed by atoms with Gasteiger partial charge in [-0.2, -0.15) is 0 Å². The maximum absolute atomic E-state index is 13.3. The molecular formula is C23H24N2O9S2. The maximum Gasteiger partial charge on any atom is 0.356 e. The summed E-state index contributed by atoms with van der Waals surface area (Å²) in [6.07, 6.45) is 0. The van der Waals surface area contributed by atoms with E-state index in [4.69, 9.17) is 14.2 Å². The van der Waals surface area contributed by atoms with Gasteiger partial charge in [0.15, 0.2) is 12.3 Å². The smallest absolute Gasteiger partial charge is 0.356 e. The number of hydrogen-bond donors (Lipinski definition) is 2. The van der Waals surface area contributed by atoms with Crippen molar-refractivity contribution in [3.05, 3.63) is 66.1 Å². The highest BCUT2D eigenvalue weighted by Gasteiger charge is 2.54. The highest BCUT2D eigenvalue weighted by molar-refractivity contribution is 8.72. The van der Waals surface area contributed by atoms with Gasteiger partial charge in [-0.1, -0.05) is 30.3 Å². The Morgan fingerprint density at radius 3 is 2.33 bits per heavy atom. The van der Waals surface area contributed by atoms with Gasteiger partial charge < -0.3 is 24.6 Å². The number of carboxylic acid groups (broad SMARTS) is 1. The summed E-state index contributed by atoms with van der Waals surface area (Å²) in [5, 5.41) is 10.8. The number of methoxy groups -OCH3 is 2. The van der Waals surface area contributed by atoms with E-state index in [1.807, 2.05) is 0 Å². The molecule has 2 unspecified atom stereocenters. The van der Waals surface area contributed by atoms with Crippen LogP contribution in [0.2, 0.25) is 0 Å². The Balaban J connectivity index is 1.89. The van der Waals surface area contributed by atoms with Gasteiger partial charge in [-0.15, -0.1) is 0 Å². The van der Waals surface area contributed by atoms with Crippen LogP contribution in [0.25, 0.3) is 0 Å². The average Bonchev–Trinajstić information content (AvgIpc) is 2.88. The quantitative estimate of drug-likeness (QED) is 0.188. The summed E-state index contributed by atoms with van der Waals surface area (Å²) in [7, 11) is -1.34. The molecule has 2 aromatic carbocycles. The number of carbonyl (C=O) groups is 3. The van der Waals surface area contributed by atoms with Crippen molar-refractivity contribution in [3.63, 3.8) is 0 Å². The number of β-lactam (4-membered cyclic amide) rings is 1. The number of benzene rings is 2. The molecule has 0 aliphatic carbocycles. The topological polar surface area (TPSA) is 149 Å². The lowest BCUT2D eigenvalue weighted by molar-refractivity contribution is -0.151. The molecular weight excluding hydrogens is 512 g/mol. The van der Waals surface area contributed by atoms with Crippen molar-refractivity contribution in [3.8, 4) is 11.5 Å². The molecule has 0 bridgehead atoms. The molecule has 36 heavy (non-hydrogen) atoms. The Morgan fingerprint density at radius 2 is 1.72 bits per heavy atom. The molecule has 1 heterocycles. The number of carbonyl (C=O) groups excluding carboxylic acids is 2. The highest BCUT2D eigenvalue weighted by atomic mass is 33.1. The van der Waals surface area contributed by atoms with E-state index in [2.05, 4.69) is 5.32 Å². The van der Waals surface area contributed by atoms with Gasteiger partial charge in [0, 0.05) is 10.8 Å². The number of ether oxygens (including phenoxy) is 3. The number of carboxylic acids is 1. The third kappa shape index (κ3) is 5.74. The molecule has 0 aromatic heterocycles. The van der Waals surface area contributed by atoms with Gasteiger partial charge >= 0.3 is 5.97 Å². The normalized spacial score (nSPS) is 18.0. The van der Waals surface area contributed by atoms with E-state index in [1.165, 1.54) is 39.3 Å². The van der Waals surface area contributed by atoms with E-state index in [9.17, 15) is 27.9 Å². The minimum Gasteiger partial charge on any atom is -0.499 e. The first-order chi connectivity index (χ1) is 17.1. The predicted octanol–water partition coefficient (Wildman–Crippen LogP) is 1.81. The average molecular weight is 537 g/mol. The summed E-state index contributed by atoms with van der Waals surface area (Å²) in [4.78, 5) is 38.0. The van der Waals surface area contributed by atoms with Crippen LogP contribution in [0.4, 0.5) is 0 Å². The van der Waals surface area contributed by atoms with E-state index in [1.54, 1.807) is 36.4 Å². The molecule has 1 saturated heterocycles. The van der Waals surface area contributed by atoms with Crippen molar-refractivity contribution in [1.29, 1.82) is 0 Å². The molecule has 192 valence electrons. The first-order valence-corrected chi connectivity index (χ1v) is 13.3. The van der Waals surface area contributed by atoms with Crippen molar-refractivity contribution in [1.82, 2.24) is 10.2 Å². The fourth-order valence-electron chi connectivity index (χ4n) is 3.34. The van der Waals surface area contributed by atoms with Gasteiger partial charge in [-0.05, 0) is 31.2 Å². The number of allylic oxidation sites excluding steroid dienone is 1. The summed E-state index contributed by atoms with van der Waals surface area (Å²) >= 11 is 0. The van der Waals surface area contributed by atoms with Gasteiger partial charge in [0.2, 0.25) is 8.87 Å². The number of aliphatic carboxylic acids is 1. The van der Waals surface area contributed by atoms with Crippen LogP contribution in [0.3, 0.4) is 0 Å². The van der Waals surface area contributed by atoms with Crippen molar-refractivity contribution in [2.75, 3.05) is 20.8 Å². The minimum absolute atomic E-state index is 0.0705. The van der Waals surface area contributed by atoms with Gasteiger partial charge in [-0.3, -0.25) is 14.5 Å². The van der Waals surface area contributed by atoms with E-state index >= 15 is 0 Å². The molecule has 13 heteroatoms. The summed E-state index contributed by atoms with van der Waals surface area (Å²) in [6, 6.07) is 13.0. The van der Waals surface area contributed by atoms with E-state index in [-0.39, 0.29) is 16.4 Å². The first kappa shape index (κ1) is 26.9. The lowest BCUT2D eigenvalue weighted by Gasteiger charge is -2.46. The number of hydrogen-bond acceptors (Lipinski definition) is 9. The van der Waals surface area contributed by atoms with Crippen LogP contribution in [0.1, 0.15) is 6.92 Å². The molecule has 2 atom stereocenters. The van der Waals surface area contributed by atoms with Gasteiger partial charge in [-0.25, -0.2) is 13.2 Å². The molecule has 2 aromatic rings. The van der Waals surface area contributed by atoms with Gasteiger partial charge in [0.05, 0.1) is 14.2 Å². The number of para-hydroxylation sites is 2. The Labute approximate surface area is 211 Å². The summed E-state index contributed by atoms with van der Waals surface area (Å²) < 4.78 is 42.0. The Kier molecular flexibility index (Phi) is 8.48. The Morgan fingerprint density at radius 1 is 1.08 bits per heavy atom. The molecule has 1 aliphatic rings. The SMILES string of the molecule is COC(C)=C(C(=O)O)N1C(=O)C(NC(=O)COc2ccccc2)C1SS(=O)(=O)c1ccccc1OC. The standard InChI is InChI=1S/C23H24N2O9S2/c1-14(32-2)20(23(28)29)25-21(27)19(24-18(26)13-34-15-9-5-4-6-10-15)22(25)35-36(30,31)17-12-8-7-11-16(17)33-3/h4-12,19,22H,13H2,1-3H3,(H,24,26)(H,28,29). The zero-order chi connectivity index (χ0) is 26.5. The second-order valence-corrected chi connectivity index (χ2v) is 11.3. The third-order valence-corrected chi connectivity index (χ3v) is 8.82. The molecule has 1 fully saturated rings. The van der Waals surface area contributed by atoms with Crippen molar-refractivity contribution in [2.45, 2.75) is 23.2 Å². The molecule has 3 rings (SSSR count). The fourth-order valence-corrected chi connectivity index (χ4v) is 7.03. The van der Waals surface area contributed by atoms with Crippen LogP contribution in [0.5, 0.6) is 11.5 Å². The van der Waals surface area contributed by atoms with Crippen molar-refractivity contribution in [2.24, 2.45) is 0 Å². The number of likely N-dealkylation sites (tertiary alicyclic amines) is 1. The zero-order valence-electron chi connectivity index (χ0n) is 19.5. The van der Waals surface area contributed by atoms with E-state index in [0.717, 1.165) is 4.90 Å². The number of rotatable bonds is 11. The number of nitrogens with one attached hydrogen (secondary N) is 1. The third-order valence-electron chi connectivity index (χ3n) is 5.12. The minimum atomic E-state index is -4.18. The molecule has 1 aliphatic heterocycles. The maximum atomic E-state index is 13.3. The monoisotopic (exact) mass is 536 g/mol. The molecule has 2 N–H and O–H groups in total. The summed E-state index contributed by atoms with van der Waals surface area (Å²) in [5.41, 5.74) is -0.540. The van der Waals surface area contributed by atoms with Gasteiger partial charge in [0.1, 0.15) is 33.6 Å². The summed E-state index contributed by atoms with van der Waals surface area (Å²) in [5.74, 6) is -2.63. The van der Waals surface area contributed by atoms with Crippen LogP contribution in [0, 0.1) is 0 Å². The fraction of sp³-hybridized carbons (Fsp3) is 0.261. The molecule has 0 saturated carbocycles. The second-order valence-electron chi connectivity index (χ2n) is 7.36. The zero-order valence-corrected chi connectivity index (χ0v) is 21.2. The molecule has 2 amide bonds. The molecule has 0 radical (unpaired) electrons. The van der Waals surface area contributed by atoms with Crippen LogP contribution in [-0.2, 0) is 28.0 Å². The van der Waals surface area contributed by atoms with E-state index < -0.39 is 50.4 Å². The van der Waals surface area contributed by atoms with Crippen LogP contribution >= 0.6 is 10.8 Å². The van der Waals surface area contributed by atoms with Crippen LogP contribution < -0.4 is 14.8 Å². The van der Waals surface area contributed by atoms with Crippen molar-refractivity contribution >= 4 is 37.4 Å². The lowest BCUT2D eigenvalue weighted by Crippen LogP contribution is -2.70. The van der Waals surface area contributed by atoms with Crippen LogP contribution in [0.15, 0.2) is 70.9 Å². The second kappa shape index (κ2) is 11.4. The van der Waals surface area contributed by atoms with Gasteiger partial charge in [0.25, 0.3) is 11.8 Å². The summed E-state index contributed by atoms with van der Waals surface area (Å²) in [6.45, 7) is 0.885. The Hall–Kier alpha value is -3.71. The van der Waals surface area contributed by atoms with E-state index in [0.29, 0.717) is 16.5 Å². The largest absolute Gasteiger partial charge is 0.499 e. The molecule has 11 nitrogen and oxygen atoms in total. The molecule has 0 spiro atoms. The first-order valence-electron chi connectivity index (χ1n) is 10.5. The number of nitrogens with zero attached hydrogens (tertiary/aromatic N) is 1. The van der Waals surface area contributed by atoms with Crippen LogP contribution in [-0.4, -0.2) is 68.5 Å². The number of amides is 2. The predicted molar refractivity (Wildman–Crippen MR) is 130 cm³/mol. The van der Waals surface area contributed by atoms with Crippen molar-refractivity contribution < 1.29 is 42.1 Å².